The smallest absolute Gasteiger partial charge is 0.239 e. The highest BCUT2D eigenvalue weighted by atomic mass is 16.2. The van der Waals surface area contributed by atoms with Gasteiger partial charge < -0.3 is 16.0 Å². The Hall–Kier alpha value is -2.44. The molecule has 0 unspecified atom stereocenters. The van der Waals surface area contributed by atoms with Crippen LogP contribution in [0.3, 0.4) is 0 Å². The molecule has 204 valence electrons. The molecule has 0 saturated carbocycles. The van der Waals surface area contributed by atoms with Crippen molar-refractivity contribution in [3.63, 3.8) is 0 Å². The summed E-state index contributed by atoms with van der Waals surface area (Å²) in [6.07, 6.45) is 21.7. The van der Waals surface area contributed by atoms with Gasteiger partial charge in [-0.1, -0.05) is 84.0 Å². The molecule has 1 rings (SSSR count). The molecule has 1 aromatic rings. The number of nitrogens with one attached hydrogen (secondary N) is 3. The van der Waals surface area contributed by atoms with E-state index in [0.717, 1.165) is 56.9 Å². The second-order valence-electron chi connectivity index (χ2n) is 9.71. The average Bonchev–Trinajstić information content (AvgIpc) is 2.89. The molecule has 0 aliphatic carbocycles. The van der Waals surface area contributed by atoms with Crippen molar-refractivity contribution in [2.24, 2.45) is 0 Å². The second kappa shape index (κ2) is 23.0. The Morgan fingerprint density at radius 3 is 1.69 bits per heavy atom. The molecule has 0 bridgehead atoms. The third kappa shape index (κ3) is 19.8. The molecular formula is C29H50N4O3. The molecular weight excluding hydrogens is 452 g/mol. The summed E-state index contributed by atoms with van der Waals surface area (Å²) in [7, 11) is 0. The zero-order chi connectivity index (χ0) is 26.1. The lowest BCUT2D eigenvalue weighted by molar-refractivity contribution is -0.126. The lowest BCUT2D eigenvalue weighted by Crippen LogP contribution is -2.37. The van der Waals surface area contributed by atoms with Crippen LogP contribution < -0.4 is 16.0 Å². The van der Waals surface area contributed by atoms with Gasteiger partial charge in [0, 0.05) is 38.3 Å². The molecule has 3 N–H and O–H groups in total. The molecule has 3 amide bonds. The molecule has 0 spiro atoms. The monoisotopic (exact) mass is 502 g/mol. The summed E-state index contributed by atoms with van der Waals surface area (Å²) in [6.45, 7) is 3.53. The Balaban J connectivity index is 1.81. The number of hydrogen-bond acceptors (Lipinski definition) is 4. The SMILES string of the molecule is CCCCCCCCCC(=O)NCC(=O)NCCCCCCCCCCC(=O)NCc1ccncc1. The van der Waals surface area contributed by atoms with Crippen molar-refractivity contribution >= 4 is 17.7 Å². The van der Waals surface area contributed by atoms with Gasteiger partial charge in [0.15, 0.2) is 0 Å². The molecule has 7 heteroatoms. The fourth-order valence-corrected chi connectivity index (χ4v) is 4.06. The fraction of sp³-hybridized carbons (Fsp3) is 0.724. The summed E-state index contributed by atoms with van der Waals surface area (Å²) < 4.78 is 0. The lowest BCUT2D eigenvalue weighted by atomic mass is 10.1. The van der Waals surface area contributed by atoms with Gasteiger partial charge in [0.1, 0.15) is 0 Å². The van der Waals surface area contributed by atoms with Crippen molar-refractivity contribution in [1.82, 2.24) is 20.9 Å². The van der Waals surface area contributed by atoms with Crippen molar-refractivity contribution in [2.75, 3.05) is 13.1 Å². The van der Waals surface area contributed by atoms with Crippen LogP contribution in [0.5, 0.6) is 0 Å². The van der Waals surface area contributed by atoms with Gasteiger partial charge in [0.2, 0.25) is 17.7 Å². The zero-order valence-corrected chi connectivity index (χ0v) is 22.6. The van der Waals surface area contributed by atoms with Crippen LogP contribution in [0.2, 0.25) is 0 Å². The fourth-order valence-electron chi connectivity index (χ4n) is 4.06. The Labute approximate surface area is 219 Å². The van der Waals surface area contributed by atoms with E-state index in [1.165, 1.54) is 44.9 Å². The highest BCUT2D eigenvalue weighted by Crippen LogP contribution is 2.10. The first kappa shape index (κ1) is 31.6. The number of rotatable bonds is 23. The minimum atomic E-state index is -0.104. The third-order valence-electron chi connectivity index (χ3n) is 6.35. The van der Waals surface area contributed by atoms with E-state index in [1.54, 1.807) is 12.4 Å². The van der Waals surface area contributed by atoms with E-state index in [4.69, 9.17) is 0 Å². The highest BCUT2D eigenvalue weighted by Gasteiger charge is 2.05. The quantitative estimate of drug-likeness (QED) is 0.170. The average molecular weight is 503 g/mol. The van der Waals surface area contributed by atoms with Crippen LogP contribution >= 0.6 is 0 Å². The van der Waals surface area contributed by atoms with E-state index >= 15 is 0 Å². The first-order valence-electron chi connectivity index (χ1n) is 14.3. The maximum absolute atomic E-state index is 11.9. The summed E-state index contributed by atoms with van der Waals surface area (Å²) in [5.74, 6) is -0.0152. The normalized spacial score (nSPS) is 10.7. The molecule has 0 fully saturated rings. The number of hydrogen-bond donors (Lipinski definition) is 3. The Morgan fingerprint density at radius 2 is 1.11 bits per heavy atom. The van der Waals surface area contributed by atoms with Crippen LogP contribution in [0.25, 0.3) is 0 Å². The third-order valence-corrected chi connectivity index (χ3v) is 6.35. The van der Waals surface area contributed by atoms with Crippen LogP contribution in [0.15, 0.2) is 24.5 Å². The van der Waals surface area contributed by atoms with E-state index < -0.39 is 0 Å². The number of nitrogens with zero attached hydrogens (tertiary/aromatic N) is 1. The Morgan fingerprint density at radius 1 is 0.611 bits per heavy atom. The maximum atomic E-state index is 11.9. The van der Waals surface area contributed by atoms with E-state index in [-0.39, 0.29) is 24.3 Å². The molecule has 1 heterocycles. The molecule has 7 nitrogen and oxygen atoms in total. The van der Waals surface area contributed by atoms with Crippen LogP contribution in [0.4, 0.5) is 0 Å². The number of carbonyl (C=O) groups is 3. The first-order valence-corrected chi connectivity index (χ1v) is 14.3. The van der Waals surface area contributed by atoms with Crippen molar-refractivity contribution < 1.29 is 14.4 Å². The van der Waals surface area contributed by atoms with E-state index in [9.17, 15) is 14.4 Å². The van der Waals surface area contributed by atoms with Crippen LogP contribution in [0, 0.1) is 0 Å². The number of unbranched alkanes of at least 4 members (excludes halogenated alkanes) is 13. The van der Waals surface area contributed by atoms with Crippen LogP contribution in [-0.2, 0) is 20.9 Å². The van der Waals surface area contributed by atoms with Crippen molar-refractivity contribution in [1.29, 1.82) is 0 Å². The van der Waals surface area contributed by atoms with Gasteiger partial charge in [-0.15, -0.1) is 0 Å². The molecule has 0 atom stereocenters. The van der Waals surface area contributed by atoms with E-state index in [2.05, 4.69) is 27.9 Å². The topological polar surface area (TPSA) is 100 Å². The van der Waals surface area contributed by atoms with Crippen LogP contribution in [-0.4, -0.2) is 35.8 Å². The minimum absolute atomic E-state index is 0.0238. The largest absolute Gasteiger partial charge is 0.355 e. The molecule has 1 aromatic heterocycles. The molecule has 36 heavy (non-hydrogen) atoms. The Bertz CT molecular complexity index is 697. The van der Waals surface area contributed by atoms with Gasteiger partial charge in [-0.25, -0.2) is 0 Å². The van der Waals surface area contributed by atoms with Gasteiger partial charge in [-0.3, -0.25) is 19.4 Å². The van der Waals surface area contributed by atoms with Gasteiger partial charge >= 0.3 is 0 Å². The first-order chi connectivity index (χ1) is 17.6. The molecule has 0 aliphatic heterocycles. The van der Waals surface area contributed by atoms with E-state index in [1.807, 2.05) is 12.1 Å². The number of aromatic nitrogens is 1. The van der Waals surface area contributed by atoms with Crippen molar-refractivity contribution in [3.8, 4) is 0 Å². The molecule has 0 saturated heterocycles. The number of amides is 3. The zero-order valence-electron chi connectivity index (χ0n) is 22.6. The highest BCUT2D eigenvalue weighted by molar-refractivity contribution is 5.84. The summed E-state index contributed by atoms with van der Waals surface area (Å²) in [6, 6.07) is 3.82. The standard InChI is InChI=1S/C29H50N4O3/c1-2-3-4-5-8-11-15-18-28(35)33-25-29(36)31-21-16-13-10-7-6-9-12-14-17-27(34)32-24-26-19-22-30-23-20-26/h19-20,22-23H,2-18,21,24-25H2,1H3,(H,31,36)(H,32,34)(H,33,35). The molecule has 0 radical (unpaired) electrons. The minimum Gasteiger partial charge on any atom is -0.355 e. The van der Waals surface area contributed by atoms with Gasteiger partial charge in [0.05, 0.1) is 6.54 Å². The summed E-state index contributed by atoms with van der Waals surface area (Å²) in [5.41, 5.74) is 1.07. The maximum Gasteiger partial charge on any atom is 0.239 e. The summed E-state index contributed by atoms with van der Waals surface area (Å²) in [5, 5.41) is 8.56. The molecule has 0 aliphatic rings. The number of pyridine rings is 1. The van der Waals surface area contributed by atoms with Crippen molar-refractivity contribution in [3.05, 3.63) is 30.1 Å². The predicted molar refractivity (Wildman–Crippen MR) is 146 cm³/mol. The summed E-state index contributed by atoms with van der Waals surface area (Å²) >= 11 is 0. The second-order valence-corrected chi connectivity index (χ2v) is 9.71. The van der Waals surface area contributed by atoms with Crippen LogP contribution in [0.1, 0.15) is 122 Å². The predicted octanol–water partition coefficient (Wildman–Crippen LogP) is 5.58. The Kier molecular flexibility index (Phi) is 20.2. The lowest BCUT2D eigenvalue weighted by Gasteiger charge is -2.07. The number of carbonyl (C=O) groups excluding carboxylic acids is 3. The summed E-state index contributed by atoms with van der Waals surface area (Å²) in [4.78, 5) is 39.6. The van der Waals surface area contributed by atoms with E-state index in [0.29, 0.717) is 25.9 Å². The van der Waals surface area contributed by atoms with Crippen molar-refractivity contribution in [2.45, 2.75) is 123 Å². The van der Waals surface area contributed by atoms with Gasteiger partial charge in [-0.05, 0) is 37.0 Å². The van der Waals surface area contributed by atoms with Gasteiger partial charge in [-0.2, -0.15) is 0 Å². The molecule has 0 aromatic carbocycles. The van der Waals surface area contributed by atoms with Gasteiger partial charge in [0.25, 0.3) is 0 Å².